The molecule has 426 valence electrons. The van der Waals surface area contributed by atoms with Crippen molar-refractivity contribution in [2.75, 3.05) is 0 Å². The van der Waals surface area contributed by atoms with E-state index in [2.05, 4.69) is 201 Å². The second-order valence-electron chi connectivity index (χ2n) is 29.8. The zero-order chi connectivity index (χ0) is 56.7. The number of hydrogen-bond acceptors (Lipinski definition) is 8. The molecule has 0 aromatic heterocycles. The third kappa shape index (κ3) is 18.2. The molecule has 0 N–H and O–H groups in total. The van der Waals surface area contributed by atoms with Crippen LogP contribution in [0.3, 0.4) is 0 Å². The molecule has 0 saturated heterocycles. The monoisotopic (exact) mass is 1110 g/mol. The Morgan fingerprint density at radius 2 is 0.824 bits per heavy atom. The van der Waals surface area contributed by atoms with Crippen LogP contribution in [0.25, 0.3) is 0 Å². The van der Waals surface area contributed by atoms with E-state index in [0.717, 1.165) is 41.9 Å². The van der Waals surface area contributed by atoms with E-state index in [1.807, 2.05) is 0 Å². The van der Waals surface area contributed by atoms with E-state index in [9.17, 15) is 4.79 Å². The lowest BCUT2D eigenvalue weighted by Crippen LogP contribution is -2.47. The highest BCUT2D eigenvalue weighted by Crippen LogP contribution is 2.53. The largest absolute Gasteiger partial charge is 0.543 e. The fourth-order valence-electron chi connectivity index (χ4n) is 7.63. The minimum absolute atomic E-state index is 0.0331. The van der Waals surface area contributed by atoms with Crippen molar-refractivity contribution in [2.24, 2.45) is 0 Å². The van der Waals surface area contributed by atoms with Gasteiger partial charge in [-0.1, -0.05) is 188 Å². The number of carbonyl (C=O) groups is 1. The normalized spacial score (nSPS) is 16.6. The molecule has 8 nitrogen and oxygen atoms in total. The number of unbranched alkanes of at least 4 members (excludes halogenated alkanes) is 12. The SMILES string of the molecule is CCCCCCCCCCCCCCCC(=O)O[C@@H]1Cc2c(cc(O[Si](C)(C)C(C)(C)C)cc2O[Si](C)(C)C(C)(C)C)O[C@@H]1c1cc(O[Si](C)(C)C(C)(C)C)c(O[Si](C)(C)C(C)(C)C)c(O[Si](C)(C)C(C)(C)C)c1. The lowest BCUT2D eigenvalue weighted by molar-refractivity contribution is -0.155. The average molecular weight is 1120 g/mol. The van der Waals surface area contributed by atoms with Gasteiger partial charge in [0.1, 0.15) is 34.9 Å². The van der Waals surface area contributed by atoms with Crippen LogP contribution >= 0.6 is 0 Å². The minimum Gasteiger partial charge on any atom is -0.543 e. The van der Waals surface area contributed by atoms with E-state index in [1.54, 1.807) is 0 Å². The summed E-state index contributed by atoms with van der Waals surface area (Å²) in [6.45, 7) is 59.1. The number of ether oxygens (including phenoxy) is 2. The molecule has 1 aliphatic rings. The standard InChI is InChI=1S/C61H114O8Si5/c1-27-28-29-30-31-32-33-34-35-36-37-38-39-40-54(62)63-51-45-48-49(43-47(65-70(17,18)57(2,3)4)44-50(48)66-71(19,20)58(5,6)7)64-55(51)46-41-52(67-72(21,22)59(8,9)10)56(69-74(25,26)61(14,15)16)53(42-46)68-73(23,24)60(11,12)13/h41-44,51,55H,27-40,45H2,1-26H3/t51-,55-/m1/s1. The van der Waals surface area contributed by atoms with Gasteiger partial charge in [-0.15, -0.1) is 0 Å². The second kappa shape index (κ2) is 25.3. The molecule has 0 bridgehead atoms. The Hall–Kier alpha value is -2.21. The summed E-state index contributed by atoms with van der Waals surface area (Å²) in [5.74, 6) is 3.96. The van der Waals surface area contributed by atoms with Crippen LogP contribution in [-0.4, -0.2) is 53.7 Å². The highest BCUT2D eigenvalue weighted by Gasteiger charge is 2.48. The van der Waals surface area contributed by atoms with Crippen molar-refractivity contribution >= 4 is 47.6 Å². The van der Waals surface area contributed by atoms with E-state index in [0.29, 0.717) is 35.8 Å². The first-order valence-corrected chi connectivity index (χ1v) is 43.7. The molecule has 0 radical (unpaired) electrons. The van der Waals surface area contributed by atoms with Crippen LogP contribution in [0.15, 0.2) is 24.3 Å². The molecule has 2 atom stereocenters. The topological polar surface area (TPSA) is 81.7 Å². The number of fused-ring (bicyclic) bond motifs is 1. The van der Waals surface area contributed by atoms with Crippen LogP contribution in [0.4, 0.5) is 0 Å². The quantitative estimate of drug-likeness (QED) is 0.0524. The first kappa shape index (κ1) is 66.1. The van der Waals surface area contributed by atoms with Gasteiger partial charge in [0, 0.05) is 36.1 Å². The zero-order valence-electron chi connectivity index (χ0n) is 52.8. The molecule has 74 heavy (non-hydrogen) atoms. The predicted molar refractivity (Wildman–Crippen MR) is 329 cm³/mol. The highest BCUT2D eigenvalue weighted by molar-refractivity contribution is 6.77. The van der Waals surface area contributed by atoms with Gasteiger partial charge in [-0.05, 0) is 109 Å². The first-order chi connectivity index (χ1) is 33.5. The molecular weight excluding hydrogens is 1000 g/mol. The fourth-order valence-corrected chi connectivity index (χ4v) is 12.7. The van der Waals surface area contributed by atoms with E-state index >= 15 is 0 Å². The van der Waals surface area contributed by atoms with Gasteiger partial charge in [-0.25, -0.2) is 0 Å². The maximum absolute atomic E-state index is 14.3. The summed E-state index contributed by atoms with van der Waals surface area (Å²) in [5, 5.41) is -0.404. The van der Waals surface area contributed by atoms with E-state index in [-0.39, 0.29) is 31.2 Å². The Balaban J connectivity index is 2.29. The summed E-state index contributed by atoms with van der Waals surface area (Å²) in [7, 11) is -12.1. The molecule has 2 aromatic carbocycles. The van der Waals surface area contributed by atoms with Gasteiger partial charge >= 0.3 is 5.97 Å². The zero-order valence-corrected chi connectivity index (χ0v) is 57.8. The van der Waals surface area contributed by atoms with Crippen LogP contribution in [0.1, 0.15) is 218 Å². The molecule has 13 heteroatoms. The van der Waals surface area contributed by atoms with Crippen molar-refractivity contribution in [1.82, 2.24) is 0 Å². The Bertz CT molecular complexity index is 2060. The molecule has 0 unspecified atom stereocenters. The molecule has 0 spiro atoms. The van der Waals surface area contributed by atoms with E-state index in [4.69, 9.17) is 31.6 Å². The van der Waals surface area contributed by atoms with Crippen LogP contribution in [-0.2, 0) is 16.0 Å². The summed E-state index contributed by atoms with van der Waals surface area (Å²) >= 11 is 0. The Morgan fingerprint density at radius 3 is 1.22 bits per heavy atom. The van der Waals surface area contributed by atoms with Crippen molar-refractivity contribution < 1.29 is 36.4 Å². The Labute approximate surface area is 461 Å². The van der Waals surface area contributed by atoms with Crippen molar-refractivity contribution in [3.63, 3.8) is 0 Å². The van der Waals surface area contributed by atoms with Crippen molar-refractivity contribution in [2.45, 2.75) is 310 Å². The molecule has 1 heterocycles. The highest BCUT2D eigenvalue weighted by atomic mass is 28.4. The number of rotatable bonds is 26. The van der Waals surface area contributed by atoms with E-state index in [1.165, 1.54) is 64.2 Å². The molecular formula is C61H114O8Si5. The summed E-state index contributed by atoms with van der Waals surface area (Å²) in [5.41, 5.74) is 1.72. The predicted octanol–water partition coefficient (Wildman–Crippen LogP) is 20.7. The molecule has 3 rings (SSSR count). The van der Waals surface area contributed by atoms with Crippen molar-refractivity contribution in [1.29, 1.82) is 0 Å². The number of hydrogen-bond donors (Lipinski definition) is 0. The van der Waals surface area contributed by atoms with Crippen LogP contribution in [0.2, 0.25) is 90.7 Å². The minimum atomic E-state index is -2.48. The van der Waals surface area contributed by atoms with Gasteiger partial charge in [-0.2, -0.15) is 0 Å². The molecule has 0 amide bonds. The number of esters is 1. The smallest absolute Gasteiger partial charge is 0.306 e. The molecule has 0 saturated carbocycles. The number of benzene rings is 2. The summed E-state index contributed by atoms with van der Waals surface area (Å²) in [6, 6.07) is 8.38. The van der Waals surface area contributed by atoms with Crippen molar-refractivity contribution in [3.8, 4) is 34.5 Å². The van der Waals surface area contributed by atoms with Gasteiger partial charge in [0.25, 0.3) is 25.0 Å². The van der Waals surface area contributed by atoms with Gasteiger partial charge in [0.05, 0.1) is 0 Å². The molecule has 0 fully saturated rings. The molecule has 1 aliphatic heterocycles. The van der Waals surface area contributed by atoms with E-state index < -0.39 is 53.8 Å². The molecule has 2 aromatic rings. The number of carbonyl (C=O) groups excluding carboxylic acids is 1. The second-order valence-corrected chi connectivity index (χ2v) is 53.4. The van der Waals surface area contributed by atoms with Crippen LogP contribution in [0, 0.1) is 0 Å². The third-order valence-electron chi connectivity index (χ3n) is 18.1. The fraction of sp³-hybridized carbons (Fsp3) is 0.787. The van der Waals surface area contributed by atoms with Gasteiger partial charge in [-0.3, -0.25) is 4.79 Å². The van der Waals surface area contributed by atoms with Crippen LogP contribution in [0.5, 0.6) is 34.5 Å². The maximum Gasteiger partial charge on any atom is 0.306 e. The lowest BCUT2D eigenvalue weighted by Gasteiger charge is -2.42. The molecule has 0 aliphatic carbocycles. The summed E-state index contributed by atoms with van der Waals surface area (Å²) in [4.78, 5) is 14.3. The van der Waals surface area contributed by atoms with Crippen LogP contribution < -0.4 is 26.9 Å². The Kier molecular flexibility index (Phi) is 22.6. The first-order valence-electron chi connectivity index (χ1n) is 29.1. The van der Waals surface area contributed by atoms with Gasteiger partial charge in [0.15, 0.2) is 11.9 Å². The summed E-state index contributed by atoms with van der Waals surface area (Å²) < 4.78 is 50.8. The average Bonchev–Trinajstić information content (AvgIpc) is 3.21. The summed E-state index contributed by atoms with van der Waals surface area (Å²) in [6.07, 6.45) is 15.6. The Morgan fingerprint density at radius 1 is 0.473 bits per heavy atom. The van der Waals surface area contributed by atoms with Crippen molar-refractivity contribution in [3.05, 3.63) is 35.4 Å². The third-order valence-corrected chi connectivity index (χ3v) is 39.8. The lowest BCUT2D eigenvalue weighted by atomic mass is 9.93. The van der Waals surface area contributed by atoms with Gasteiger partial charge in [0.2, 0.25) is 16.6 Å². The maximum atomic E-state index is 14.3. The van der Waals surface area contributed by atoms with Gasteiger partial charge < -0.3 is 31.6 Å².